The fraction of sp³-hybridized carbons (Fsp3) is 0.231. The first kappa shape index (κ1) is 14.9. The average Bonchev–Trinajstić information content (AvgIpc) is 2.96. The highest BCUT2D eigenvalue weighted by Gasteiger charge is 2.18. The van der Waals surface area contributed by atoms with Crippen molar-refractivity contribution in [1.29, 1.82) is 0 Å². The summed E-state index contributed by atoms with van der Waals surface area (Å²) in [4.78, 5) is 25.8. The molecule has 2 N–H and O–H groups in total. The Morgan fingerprint density at radius 1 is 1.43 bits per heavy atom. The Hall–Kier alpha value is -2.48. The number of hydrogen-bond acceptors (Lipinski definition) is 6. The number of aromatic nitrogens is 1. The van der Waals surface area contributed by atoms with Crippen LogP contribution in [0.1, 0.15) is 18.0 Å². The van der Waals surface area contributed by atoms with Crippen LogP contribution in [0.4, 0.5) is 10.1 Å². The zero-order valence-corrected chi connectivity index (χ0v) is 12.1. The van der Waals surface area contributed by atoms with E-state index < -0.39 is 4.92 Å². The van der Waals surface area contributed by atoms with Crippen molar-refractivity contribution in [3.63, 3.8) is 0 Å². The van der Waals surface area contributed by atoms with E-state index in [1.165, 1.54) is 6.20 Å². The van der Waals surface area contributed by atoms with Crippen molar-refractivity contribution in [2.75, 3.05) is 12.4 Å². The molecule has 1 amide bonds. The van der Waals surface area contributed by atoms with Crippen LogP contribution in [-0.2, 0) is 4.79 Å². The standard InChI is InChI=1S/C13H14N4O3S/c1-14-11(18)7-10(9-5-3-2-4-6-9)16-13-15-8-12(21-13)17(19)20/h2-6,8,10H,7H2,1H3,(H,14,18)(H,15,16). The van der Waals surface area contributed by atoms with Crippen LogP contribution in [0.25, 0.3) is 0 Å². The van der Waals surface area contributed by atoms with E-state index in [-0.39, 0.29) is 23.4 Å². The van der Waals surface area contributed by atoms with Gasteiger partial charge in [-0.15, -0.1) is 0 Å². The van der Waals surface area contributed by atoms with E-state index in [4.69, 9.17) is 0 Å². The number of benzene rings is 1. The van der Waals surface area contributed by atoms with Gasteiger partial charge in [-0.2, -0.15) is 0 Å². The van der Waals surface area contributed by atoms with Crippen molar-refractivity contribution in [2.24, 2.45) is 0 Å². The van der Waals surface area contributed by atoms with Crippen molar-refractivity contribution in [1.82, 2.24) is 10.3 Å². The molecule has 0 saturated heterocycles. The lowest BCUT2D eigenvalue weighted by Gasteiger charge is -2.17. The van der Waals surface area contributed by atoms with E-state index in [1.807, 2.05) is 30.3 Å². The highest BCUT2D eigenvalue weighted by Crippen LogP contribution is 2.29. The van der Waals surface area contributed by atoms with Gasteiger partial charge in [0.2, 0.25) is 5.91 Å². The van der Waals surface area contributed by atoms with Crippen molar-refractivity contribution >= 4 is 27.4 Å². The van der Waals surface area contributed by atoms with E-state index in [1.54, 1.807) is 7.05 Å². The molecule has 0 spiro atoms. The Balaban J connectivity index is 2.18. The van der Waals surface area contributed by atoms with Gasteiger partial charge in [0.15, 0.2) is 5.13 Å². The minimum Gasteiger partial charge on any atom is -0.359 e. The molecule has 8 heteroatoms. The van der Waals surface area contributed by atoms with Crippen LogP contribution in [0.2, 0.25) is 0 Å². The maximum atomic E-state index is 11.6. The second-order valence-electron chi connectivity index (χ2n) is 4.25. The summed E-state index contributed by atoms with van der Waals surface area (Å²) in [6.07, 6.45) is 1.42. The molecule has 1 aromatic carbocycles. The first-order valence-electron chi connectivity index (χ1n) is 6.22. The second kappa shape index (κ2) is 6.80. The van der Waals surface area contributed by atoms with Gasteiger partial charge in [0.05, 0.1) is 17.4 Å². The number of amides is 1. The van der Waals surface area contributed by atoms with Crippen LogP contribution >= 0.6 is 11.3 Å². The third-order valence-corrected chi connectivity index (χ3v) is 3.72. The fourth-order valence-corrected chi connectivity index (χ4v) is 2.48. The lowest BCUT2D eigenvalue weighted by molar-refractivity contribution is -0.380. The highest BCUT2D eigenvalue weighted by molar-refractivity contribution is 7.18. The van der Waals surface area contributed by atoms with Crippen molar-refractivity contribution in [3.8, 4) is 0 Å². The first-order chi connectivity index (χ1) is 10.1. The van der Waals surface area contributed by atoms with Crippen molar-refractivity contribution in [3.05, 3.63) is 52.2 Å². The van der Waals surface area contributed by atoms with Crippen LogP contribution in [0, 0.1) is 10.1 Å². The number of thiazole rings is 1. The minimum atomic E-state index is -0.487. The number of anilines is 1. The van der Waals surface area contributed by atoms with Crippen molar-refractivity contribution in [2.45, 2.75) is 12.5 Å². The van der Waals surface area contributed by atoms with Gasteiger partial charge in [-0.3, -0.25) is 14.9 Å². The summed E-state index contributed by atoms with van der Waals surface area (Å²) in [6.45, 7) is 0. The molecule has 1 heterocycles. The van der Waals surface area contributed by atoms with Crippen LogP contribution < -0.4 is 10.6 Å². The van der Waals surface area contributed by atoms with E-state index in [0.717, 1.165) is 16.9 Å². The predicted octanol–water partition coefficient (Wildman–Crippen LogP) is 2.34. The summed E-state index contributed by atoms with van der Waals surface area (Å²) >= 11 is 0.946. The van der Waals surface area contributed by atoms with Crippen LogP contribution in [0.3, 0.4) is 0 Å². The third kappa shape index (κ3) is 3.99. The molecule has 1 unspecified atom stereocenters. The first-order valence-corrected chi connectivity index (χ1v) is 7.04. The molecule has 2 rings (SSSR count). The van der Waals surface area contributed by atoms with Gasteiger partial charge in [0.1, 0.15) is 6.20 Å². The normalized spacial score (nSPS) is 11.7. The summed E-state index contributed by atoms with van der Waals surface area (Å²) in [6, 6.07) is 9.12. The maximum Gasteiger partial charge on any atom is 0.345 e. The Labute approximate surface area is 125 Å². The number of nitro groups is 1. The molecule has 0 aliphatic rings. The number of nitrogens with one attached hydrogen (secondary N) is 2. The summed E-state index contributed by atoms with van der Waals surface area (Å²) in [5.41, 5.74) is 0.916. The number of carbonyl (C=O) groups is 1. The molecule has 2 aromatic rings. The minimum absolute atomic E-state index is 0.0377. The lowest BCUT2D eigenvalue weighted by atomic mass is 10.0. The Kier molecular flexibility index (Phi) is 4.83. The molecule has 110 valence electrons. The topological polar surface area (TPSA) is 97.2 Å². The molecule has 0 aliphatic heterocycles. The van der Waals surface area contributed by atoms with Crippen molar-refractivity contribution < 1.29 is 9.72 Å². The number of nitrogens with zero attached hydrogens (tertiary/aromatic N) is 2. The lowest BCUT2D eigenvalue weighted by Crippen LogP contribution is -2.23. The molecule has 0 radical (unpaired) electrons. The number of hydrogen-bond donors (Lipinski definition) is 2. The molecule has 0 aliphatic carbocycles. The van der Waals surface area contributed by atoms with Gasteiger partial charge in [-0.25, -0.2) is 4.98 Å². The monoisotopic (exact) mass is 306 g/mol. The molecule has 0 saturated carbocycles. The highest BCUT2D eigenvalue weighted by atomic mass is 32.1. The Bertz CT molecular complexity index is 629. The zero-order chi connectivity index (χ0) is 15.2. The maximum absolute atomic E-state index is 11.6. The summed E-state index contributed by atoms with van der Waals surface area (Å²) in [5.74, 6) is -0.123. The van der Waals surface area contributed by atoms with Crippen LogP contribution in [-0.4, -0.2) is 22.9 Å². The third-order valence-electron chi connectivity index (χ3n) is 2.84. The molecule has 0 bridgehead atoms. The van der Waals surface area contributed by atoms with Gasteiger partial charge in [0.25, 0.3) is 0 Å². The SMILES string of the molecule is CNC(=O)CC(Nc1ncc([N+](=O)[O-])s1)c1ccccc1. The smallest absolute Gasteiger partial charge is 0.345 e. The number of rotatable bonds is 6. The molecule has 7 nitrogen and oxygen atoms in total. The molecule has 1 atom stereocenters. The Morgan fingerprint density at radius 2 is 2.14 bits per heavy atom. The molecular weight excluding hydrogens is 292 g/mol. The van der Waals surface area contributed by atoms with E-state index in [9.17, 15) is 14.9 Å². The van der Waals surface area contributed by atoms with Gasteiger partial charge >= 0.3 is 5.00 Å². The summed E-state index contributed by atoms with van der Waals surface area (Å²) in [7, 11) is 1.57. The average molecular weight is 306 g/mol. The fourth-order valence-electron chi connectivity index (χ4n) is 1.79. The van der Waals surface area contributed by atoms with E-state index in [0.29, 0.717) is 5.13 Å². The summed E-state index contributed by atoms with van der Waals surface area (Å²) in [5, 5.41) is 16.7. The molecule has 21 heavy (non-hydrogen) atoms. The zero-order valence-electron chi connectivity index (χ0n) is 11.3. The molecular formula is C13H14N4O3S. The number of carbonyl (C=O) groups excluding carboxylic acids is 1. The van der Waals surface area contributed by atoms with E-state index in [2.05, 4.69) is 15.6 Å². The van der Waals surface area contributed by atoms with Gasteiger partial charge in [0, 0.05) is 7.05 Å². The second-order valence-corrected chi connectivity index (χ2v) is 5.25. The van der Waals surface area contributed by atoms with Gasteiger partial charge in [-0.05, 0) is 16.9 Å². The quantitative estimate of drug-likeness (QED) is 0.630. The largest absolute Gasteiger partial charge is 0.359 e. The summed E-state index contributed by atoms with van der Waals surface area (Å²) < 4.78 is 0. The van der Waals surface area contributed by atoms with Gasteiger partial charge in [-0.1, -0.05) is 30.3 Å². The van der Waals surface area contributed by atoms with E-state index >= 15 is 0 Å². The van der Waals surface area contributed by atoms with Gasteiger partial charge < -0.3 is 10.6 Å². The Morgan fingerprint density at radius 3 is 2.71 bits per heavy atom. The molecule has 0 fully saturated rings. The predicted molar refractivity (Wildman–Crippen MR) is 80.3 cm³/mol. The van der Waals surface area contributed by atoms with Crippen LogP contribution in [0.5, 0.6) is 0 Å². The van der Waals surface area contributed by atoms with Crippen LogP contribution in [0.15, 0.2) is 36.5 Å². The molecule has 1 aromatic heterocycles.